The number of aliphatic hydroxyl groups is 1. The summed E-state index contributed by atoms with van der Waals surface area (Å²) in [4.78, 5) is 237. The summed E-state index contributed by atoms with van der Waals surface area (Å²) < 4.78 is 0. The van der Waals surface area contributed by atoms with E-state index in [0.29, 0.717) is 81.9 Å². The number of benzene rings is 2. The molecule has 2 saturated heterocycles. The molecule has 0 spiro atoms. The fourth-order valence-electron chi connectivity index (χ4n) is 15.4. The van der Waals surface area contributed by atoms with Crippen LogP contribution in [0.15, 0.2) is 59.7 Å². The second-order valence-corrected chi connectivity index (χ2v) is 34.2. The molecule has 0 saturated carbocycles. The molecule has 29 N–H and O–H groups in total. The Hall–Kier alpha value is -11.6. The van der Waals surface area contributed by atoms with E-state index in [1.165, 1.54) is 41.0 Å². The molecule has 18 atom stereocenters. The minimum Gasteiger partial charge on any atom is -0.508 e. The van der Waals surface area contributed by atoms with Gasteiger partial charge in [-0.2, -0.15) is 0 Å². The van der Waals surface area contributed by atoms with Gasteiger partial charge in [-0.05, 0) is 176 Å². The number of phenols is 1. The first-order chi connectivity index (χ1) is 61.8. The highest BCUT2D eigenvalue weighted by Crippen LogP contribution is 2.28. The lowest BCUT2D eigenvalue weighted by Gasteiger charge is -2.33. The fraction of sp³-hybridized carbons (Fsp3) is 0.648. The Morgan fingerprint density at radius 3 is 1.42 bits per heavy atom. The van der Waals surface area contributed by atoms with Crippen LogP contribution in [0.1, 0.15) is 202 Å². The Balaban J connectivity index is 1.33. The molecule has 42 heteroatoms. The van der Waals surface area contributed by atoms with E-state index < -0.39 is 222 Å². The lowest BCUT2D eigenvalue weighted by molar-refractivity contribution is -0.148. The molecule has 0 bridgehead atoms. The number of hydrogen-bond donors (Lipinski definition) is 23. The quantitative estimate of drug-likeness (QED) is 0.0165. The van der Waals surface area contributed by atoms with Gasteiger partial charge in [0.15, 0.2) is 5.96 Å². The molecular formula is C88H142N22O20. The number of phenolic OH excluding ortho intramolecular Hbond substituents is 1. The number of aliphatic carboxylic acids is 2. The van der Waals surface area contributed by atoms with Crippen LogP contribution >= 0.6 is 0 Å². The number of guanidine groups is 1. The van der Waals surface area contributed by atoms with Gasteiger partial charge in [-0.25, -0.2) is 4.79 Å². The molecule has 0 aliphatic carbocycles. The highest BCUT2D eigenvalue weighted by molar-refractivity contribution is 6.01. The Morgan fingerprint density at radius 2 is 0.900 bits per heavy atom. The number of likely N-dealkylation sites (tertiary alicyclic amines) is 2. The first-order valence-electron chi connectivity index (χ1n) is 45.3. The predicted octanol–water partition coefficient (Wildman–Crippen LogP) is -2.02. The van der Waals surface area contributed by atoms with E-state index in [1.807, 2.05) is 6.92 Å². The molecule has 0 radical (unpaired) electrons. The van der Waals surface area contributed by atoms with Crippen molar-refractivity contribution in [1.29, 1.82) is 0 Å². The number of aliphatic imine (C=N–C) groups is 1. The van der Waals surface area contributed by atoms with Crippen LogP contribution in [0.25, 0.3) is 10.9 Å². The molecule has 2 fully saturated rings. The summed E-state index contributed by atoms with van der Waals surface area (Å²) >= 11 is 0. The van der Waals surface area contributed by atoms with Gasteiger partial charge in [-0.15, -0.1) is 0 Å². The van der Waals surface area contributed by atoms with E-state index in [1.54, 1.807) is 78.9 Å². The van der Waals surface area contributed by atoms with Crippen molar-refractivity contribution < 1.29 is 97.1 Å². The Kier molecular flexibility index (Phi) is 46.4. The van der Waals surface area contributed by atoms with Crippen LogP contribution in [0.4, 0.5) is 0 Å². The standard InChI is InChI=1S/C88H142N22O20/c1-10-49(6)70(108-84(126)72(51(8)12-3)107-77(119)60(28-17-20-40-91)101-83(125)71(50(7)11-2)106-73(115)57(92)25-15-18-38-89)82(124)97-52(9)85(127)110-43-23-31-67(110)86(128)109-42-22-30-66(109)80(122)100-62(36-37-68(113)114)76(118)99-61(29-21-41-95-88(93)94)74(116)98-59(27-16-19-39-90)75(117)102-63(44-53-32-34-55(112)35-33-53)78(120)104-65(47-111)79(121)105-69(48(4)5)81(123)103-64(87(129)130)45-54-46-96-58-26-14-13-24-56(54)58/h13-14,24,26,32-35,46,48-52,57,59-67,69-72,96,111-112H,10-12,15-23,25,27-31,36-45,47,89-92H2,1-9H3,(H,97,124)(H,98,116)(H,99,118)(H,100,122)(H,101,125)(H,102,117)(H,103,123)(H,104,120)(H,105,121)(H,106,115)(H,107,119)(H,108,126)(H,113,114)(H,129,130)(H4,93,94,95)/t49-,50-,51-,52-,57-,59-,60-,61-,62-,63-,64-,65-,66-,67-,69-,70-,71-,72-/m0/s1. The molecule has 3 aromatic rings. The van der Waals surface area contributed by atoms with Gasteiger partial charge in [0.2, 0.25) is 82.7 Å². The molecule has 130 heavy (non-hydrogen) atoms. The number of unbranched alkanes of at least 4 members (excludes halogenated alkanes) is 3. The van der Waals surface area contributed by atoms with Crippen LogP contribution < -0.4 is 98.2 Å². The number of hydrogen-bond acceptors (Lipinski definition) is 23. The summed E-state index contributed by atoms with van der Waals surface area (Å²) in [5, 5.41) is 73.6. The van der Waals surface area contributed by atoms with Gasteiger partial charge in [0.1, 0.15) is 90.3 Å². The zero-order valence-electron chi connectivity index (χ0n) is 76.3. The maximum atomic E-state index is 14.9. The van der Waals surface area contributed by atoms with Gasteiger partial charge in [0.05, 0.1) is 12.6 Å². The fourth-order valence-corrected chi connectivity index (χ4v) is 15.4. The van der Waals surface area contributed by atoms with Crippen LogP contribution in [-0.4, -0.2) is 272 Å². The molecule has 3 heterocycles. The van der Waals surface area contributed by atoms with Crippen molar-refractivity contribution in [1.82, 2.24) is 78.6 Å². The van der Waals surface area contributed by atoms with E-state index in [-0.39, 0.29) is 115 Å². The van der Waals surface area contributed by atoms with E-state index >= 15 is 0 Å². The first kappa shape index (κ1) is 109. The molecule has 2 aliphatic heterocycles. The van der Waals surface area contributed by atoms with E-state index in [2.05, 4.69) is 73.8 Å². The van der Waals surface area contributed by atoms with Crippen molar-refractivity contribution in [2.24, 2.45) is 63.1 Å². The molecule has 42 nitrogen and oxygen atoms in total. The van der Waals surface area contributed by atoms with Crippen molar-refractivity contribution in [3.8, 4) is 5.75 Å². The number of aliphatic hydroxyl groups excluding tert-OH is 1. The van der Waals surface area contributed by atoms with Crippen LogP contribution in [0.2, 0.25) is 0 Å². The van der Waals surface area contributed by atoms with Crippen molar-refractivity contribution in [2.45, 2.75) is 294 Å². The maximum Gasteiger partial charge on any atom is 0.326 e. The number of para-hydroxylation sites is 1. The number of nitrogens with two attached hydrogens (primary N) is 6. The lowest BCUT2D eigenvalue weighted by Crippen LogP contribution is -2.62. The number of carbonyl (C=O) groups excluding carboxylic acids is 14. The number of aromatic nitrogens is 1. The largest absolute Gasteiger partial charge is 0.508 e. The number of amides is 14. The summed E-state index contributed by atoms with van der Waals surface area (Å²) in [6.45, 7) is 14.9. The third-order valence-electron chi connectivity index (χ3n) is 23.9. The molecule has 724 valence electrons. The average molecular weight is 1830 g/mol. The lowest BCUT2D eigenvalue weighted by atomic mass is 9.94. The monoisotopic (exact) mass is 1830 g/mol. The smallest absolute Gasteiger partial charge is 0.326 e. The van der Waals surface area contributed by atoms with Gasteiger partial charge >= 0.3 is 11.9 Å². The van der Waals surface area contributed by atoms with Crippen molar-refractivity contribution >= 4 is 112 Å². The van der Waals surface area contributed by atoms with E-state index in [9.17, 15) is 97.1 Å². The molecule has 2 aromatic carbocycles. The predicted molar refractivity (Wildman–Crippen MR) is 484 cm³/mol. The Bertz CT molecular complexity index is 4300. The molecular weight excluding hydrogens is 1690 g/mol. The molecule has 0 unspecified atom stereocenters. The molecule has 14 amide bonds. The summed E-state index contributed by atoms with van der Waals surface area (Å²) in [5.74, 6) is -17.1. The number of carboxylic acids is 2. The van der Waals surface area contributed by atoms with Crippen LogP contribution in [0.3, 0.4) is 0 Å². The third kappa shape index (κ3) is 34.0. The van der Waals surface area contributed by atoms with Gasteiger partial charge in [0, 0.05) is 56.0 Å². The number of carbonyl (C=O) groups is 16. The van der Waals surface area contributed by atoms with Gasteiger partial charge in [0.25, 0.3) is 0 Å². The minimum atomic E-state index is -1.80. The van der Waals surface area contributed by atoms with Gasteiger partial charge in [-0.1, -0.05) is 111 Å². The topological polar surface area (TPSA) is 689 Å². The Labute approximate surface area is 758 Å². The summed E-state index contributed by atoms with van der Waals surface area (Å²) in [7, 11) is 0. The van der Waals surface area contributed by atoms with Crippen LogP contribution in [0, 0.1) is 23.7 Å². The molecule has 5 rings (SSSR count). The second kappa shape index (κ2) is 55.4. The van der Waals surface area contributed by atoms with Crippen molar-refractivity contribution in [3.63, 3.8) is 0 Å². The van der Waals surface area contributed by atoms with Gasteiger partial charge < -0.3 is 133 Å². The summed E-state index contributed by atoms with van der Waals surface area (Å²) in [6.07, 6.45) is 4.54. The Morgan fingerprint density at radius 1 is 0.469 bits per heavy atom. The van der Waals surface area contributed by atoms with E-state index in [0.717, 1.165) is 10.9 Å². The zero-order chi connectivity index (χ0) is 96.6. The van der Waals surface area contributed by atoms with Crippen LogP contribution in [-0.2, 0) is 89.6 Å². The SMILES string of the molecule is CC[C@H](C)[C@H](NC(=O)[C@H](CCCCN)NC(=O)[C@@H](NC(=O)[C@@H](N)CCCCN)[C@@H](C)CC)C(=O)N[C@H](C(=O)N[C@@H](C)C(=O)N1CCC[C@H]1C(=O)N1CCC[C@H]1C(=O)N[C@@H](CCC(=O)O)C(=O)N[C@@H](CCCN=C(N)N)C(=O)N[C@@H](CCCCN)C(=O)N[C@@H](Cc1ccc(O)cc1)C(=O)N[C@@H](CO)C(=O)N[C@H](C(=O)N[C@@H](Cc1c[nH]c2ccccc12)C(=O)O)C(C)C)[C@@H](C)CC. The average Bonchev–Trinajstić information content (AvgIpc) is 1.64. The number of carboxylic acid groups (broad SMARTS) is 2. The highest BCUT2D eigenvalue weighted by Gasteiger charge is 2.46. The van der Waals surface area contributed by atoms with Crippen molar-refractivity contribution in [3.05, 3.63) is 65.9 Å². The summed E-state index contributed by atoms with van der Waals surface area (Å²) in [5.41, 5.74) is 36.5. The number of fused-ring (bicyclic) bond motifs is 1. The maximum absolute atomic E-state index is 14.9. The van der Waals surface area contributed by atoms with Crippen LogP contribution in [0.5, 0.6) is 5.75 Å². The number of aromatic amines is 1. The number of nitrogens with zero attached hydrogens (tertiary/aromatic N) is 3. The molecule has 1 aromatic heterocycles. The van der Waals surface area contributed by atoms with Gasteiger partial charge in [-0.3, -0.25) is 76.9 Å². The first-order valence-corrected chi connectivity index (χ1v) is 45.3. The summed E-state index contributed by atoms with van der Waals surface area (Å²) in [6, 6.07) is -8.02. The second-order valence-electron chi connectivity index (χ2n) is 34.2. The third-order valence-corrected chi connectivity index (χ3v) is 23.9. The number of nitrogens with one attached hydrogen (secondary N) is 13. The number of H-pyrrole nitrogens is 1. The minimum absolute atomic E-state index is 0.00488. The zero-order valence-corrected chi connectivity index (χ0v) is 76.3. The number of aromatic hydroxyl groups is 1. The normalized spacial score (nSPS) is 17.4. The number of rotatable bonds is 58. The van der Waals surface area contributed by atoms with Crippen molar-refractivity contribution in [2.75, 3.05) is 45.9 Å². The highest BCUT2D eigenvalue weighted by atomic mass is 16.4. The van der Waals surface area contributed by atoms with E-state index in [4.69, 9.17) is 34.4 Å². The molecule has 2 aliphatic rings.